The third kappa shape index (κ3) is 2.47. The summed E-state index contributed by atoms with van der Waals surface area (Å²) >= 11 is 0. The van der Waals surface area contributed by atoms with Crippen molar-refractivity contribution < 1.29 is 23.0 Å². The molecule has 0 bridgehead atoms. The van der Waals surface area contributed by atoms with Gasteiger partial charge in [-0.15, -0.1) is 0 Å². The van der Waals surface area contributed by atoms with Gasteiger partial charge in [-0.3, -0.25) is 0 Å². The Bertz CT molecular complexity index is 800. The Morgan fingerprint density at radius 2 is 1.65 bits per heavy atom. The molecule has 0 amide bonds. The van der Waals surface area contributed by atoms with Gasteiger partial charge in [0.25, 0.3) is 0 Å². The molecule has 2 N–H and O–H groups in total. The summed E-state index contributed by atoms with van der Waals surface area (Å²) in [4.78, 5) is 0.134. The monoisotopic (exact) mass is 336 g/mol. The van der Waals surface area contributed by atoms with Crippen LogP contribution in [0.1, 0.15) is 11.5 Å². The first-order valence-corrected chi connectivity index (χ1v) is 8.78. The predicted molar refractivity (Wildman–Crippen MR) is 83.2 cm³/mol. The number of benzene rings is 2. The van der Waals surface area contributed by atoms with Gasteiger partial charge in [0.15, 0.2) is 9.84 Å². The van der Waals surface area contributed by atoms with E-state index in [1.54, 1.807) is 24.3 Å². The maximum Gasteiger partial charge on any atom is 0.182 e. The molecule has 0 spiro atoms. The molecule has 122 valence electrons. The third-order valence-corrected chi connectivity index (χ3v) is 6.92. The molecule has 0 aliphatic heterocycles. The highest BCUT2D eigenvalue weighted by atomic mass is 32.2. The standard InChI is InChI=1S/C17H17FO4S/c18-13-6-4-5-12(9-13)15-16(17(15,10-19)11-20)23(21,22)14-7-2-1-3-8-14/h1-9,15-16,19-20H,10-11H2. The largest absolute Gasteiger partial charge is 0.396 e. The average molecular weight is 336 g/mol. The van der Waals surface area contributed by atoms with Crippen molar-refractivity contribution in [2.45, 2.75) is 16.1 Å². The molecule has 1 saturated carbocycles. The van der Waals surface area contributed by atoms with Gasteiger partial charge in [-0.05, 0) is 29.8 Å². The minimum absolute atomic E-state index is 0.134. The topological polar surface area (TPSA) is 74.6 Å². The van der Waals surface area contributed by atoms with Gasteiger partial charge in [-0.2, -0.15) is 0 Å². The minimum atomic E-state index is -3.75. The van der Waals surface area contributed by atoms with Crippen LogP contribution >= 0.6 is 0 Å². The SMILES string of the molecule is O=S(=O)(c1ccccc1)C1C(c2cccc(F)c2)C1(CO)CO. The van der Waals surface area contributed by atoms with Crippen molar-refractivity contribution in [2.75, 3.05) is 13.2 Å². The van der Waals surface area contributed by atoms with Crippen molar-refractivity contribution >= 4 is 9.84 Å². The molecular formula is C17H17FO4S. The summed E-state index contributed by atoms with van der Waals surface area (Å²) in [5.41, 5.74) is -0.722. The Morgan fingerprint density at radius 1 is 1.00 bits per heavy atom. The Kier molecular flexibility index (Phi) is 4.00. The van der Waals surface area contributed by atoms with E-state index in [9.17, 15) is 23.0 Å². The quantitative estimate of drug-likeness (QED) is 0.872. The second kappa shape index (κ2) is 5.70. The van der Waals surface area contributed by atoms with Crippen LogP contribution in [-0.2, 0) is 9.84 Å². The molecule has 1 aliphatic rings. The van der Waals surface area contributed by atoms with Crippen molar-refractivity contribution in [1.82, 2.24) is 0 Å². The maximum atomic E-state index is 13.5. The Hall–Kier alpha value is -1.76. The second-order valence-electron chi connectivity index (χ2n) is 5.86. The van der Waals surface area contributed by atoms with Crippen LogP contribution in [0.2, 0.25) is 0 Å². The highest BCUT2D eigenvalue weighted by Crippen LogP contribution is 2.63. The molecule has 0 radical (unpaired) electrons. The van der Waals surface area contributed by atoms with Gasteiger partial charge in [0.2, 0.25) is 0 Å². The van der Waals surface area contributed by atoms with Crippen LogP contribution in [0.4, 0.5) is 4.39 Å². The van der Waals surface area contributed by atoms with E-state index in [-0.39, 0.29) is 4.90 Å². The lowest BCUT2D eigenvalue weighted by molar-refractivity contribution is 0.130. The van der Waals surface area contributed by atoms with Crippen molar-refractivity contribution in [2.24, 2.45) is 5.41 Å². The third-order valence-electron chi connectivity index (χ3n) is 4.58. The lowest BCUT2D eigenvalue weighted by atomic mass is 10.0. The van der Waals surface area contributed by atoms with Crippen LogP contribution in [-0.4, -0.2) is 37.1 Å². The van der Waals surface area contributed by atoms with E-state index in [0.29, 0.717) is 5.56 Å². The number of sulfone groups is 1. The molecule has 3 rings (SSSR count). The summed E-state index contributed by atoms with van der Waals surface area (Å²) < 4.78 is 39.2. The molecule has 2 aromatic rings. The molecular weight excluding hydrogens is 319 g/mol. The number of hydrogen-bond donors (Lipinski definition) is 2. The van der Waals surface area contributed by atoms with Crippen molar-refractivity contribution in [3.05, 3.63) is 66.0 Å². The summed E-state index contributed by atoms with van der Waals surface area (Å²) in [6.07, 6.45) is 0. The molecule has 0 saturated heterocycles. The number of hydrogen-bond acceptors (Lipinski definition) is 4. The first-order chi connectivity index (χ1) is 11.0. The number of halogens is 1. The maximum absolute atomic E-state index is 13.5. The van der Waals surface area contributed by atoms with E-state index in [2.05, 4.69) is 0 Å². The Labute approximate surface area is 134 Å². The molecule has 1 aliphatic carbocycles. The summed E-state index contributed by atoms with van der Waals surface area (Å²) in [5.74, 6) is -1.12. The number of aliphatic hydroxyl groups is 2. The summed E-state index contributed by atoms with van der Waals surface area (Å²) in [6, 6.07) is 13.5. The minimum Gasteiger partial charge on any atom is -0.396 e. The Morgan fingerprint density at radius 3 is 2.22 bits per heavy atom. The predicted octanol–water partition coefficient (Wildman–Crippen LogP) is 1.74. The van der Waals surface area contributed by atoms with Gasteiger partial charge in [-0.25, -0.2) is 12.8 Å². The normalized spacial score (nSPS) is 22.7. The van der Waals surface area contributed by atoms with Crippen LogP contribution in [0.5, 0.6) is 0 Å². The fourth-order valence-corrected chi connectivity index (χ4v) is 5.78. The molecule has 0 heterocycles. The Balaban J connectivity index is 2.07. The second-order valence-corrected chi connectivity index (χ2v) is 7.93. The highest BCUT2D eigenvalue weighted by Gasteiger charge is 2.70. The zero-order valence-corrected chi connectivity index (χ0v) is 13.1. The summed E-state index contributed by atoms with van der Waals surface area (Å²) in [5, 5.41) is 18.5. The molecule has 0 aromatic heterocycles. The van der Waals surface area contributed by atoms with E-state index in [4.69, 9.17) is 0 Å². The lowest BCUT2D eigenvalue weighted by Gasteiger charge is -2.11. The molecule has 2 atom stereocenters. The van der Waals surface area contributed by atoms with Gasteiger partial charge < -0.3 is 10.2 Å². The van der Waals surface area contributed by atoms with Gasteiger partial charge in [-0.1, -0.05) is 30.3 Å². The zero-order valence-electron chi connectivity index (χ0n) is 12.3. The fourth-order valence-electron chi connectivity index (χ4n) is 3.33. The number of aliphatic hydroxyl groups excluding tert-OH is 2. The molecule has 2 unspecified atom stereocenters. The average Bonchev–Trinajstić information content (AvgIpc) is 3.26. The van der Waals surface area contributed by atoms with Crippen molar-refractivity contribution in [3.63, 3.8) is 0 Å². The lowest BCUT2D eigenvalue weighted by Crippen LogP contribution is -2.22. The van der Waals surface area contributed by atoms with Crippen LogP contribution in [0.25, 0.3) is 0 Å². The first-order valence-electron chi connectivity index (χ1n) is 7.23. The molecule has 23 heavy (non-hydrogen) atoms. The van der Waals surface area contributed by atoms with E-state index in [1.165, 1.54) is 30.3 Å². The molecule has 1 fully saturated rings. The summed E-state index contributed by atoms with van der Waals surface area (Å²) in [6.45, 7) is -0.969. The van der Waals surface area contributed by atoms with Gasteiger partial charge in [0.05, 0.1) is 23.4 Å². The first kappa shape index (κ1) is 16.1. The zero-order chi connectivity index (χ0) is 16.7. The van der Waals surface area contributed by atoms with Gasteiger partial charge in [0.1, 0.15) is 5.82 Å². The van der Waals surface area contributed by atoms with Crippen LogP contribution in [0, 0.1) is 11.2 Å². The van der Waals surface area contributed by atoms with Gasteiger partial charge in [0, 0.05) is 11.3 Å². The van der Waals surface area contributed by atoms with E-state index in [1.807, 2.05) is 0 Å². The van der Waals surface area contributed by atoms with Crippen LogP contribution in [0.15, 0.2) is 59.5 Å². The van der Waals surface area contributed by atoms with Crippen LogP contribution in [0.3, 0.4) is 0 Å². The molecule has 2 aromatic carbocycles. The smallest absolute Gasteiger partial charge is 0.182 e. The van der Waals surface area contributed by atoms with E-state index in [0.717, 1.165) is 0 Å². The van der Waals surface area contributed by atoms with Crippen LogP contribution < -0.4 is 0 Å². The summed E-state index contributed by atoms with van der Waals surface area (Å²) in [7, 11) is -3.75. The van der Waals surface area contributed by atoms with Crippen molar-refractivity contribution in [3.8, 4) is 0 Å². The van der Waals surface area contributed by atoms with Crippen molar-refractivity contribution in [1.29, 1.82) is 0 Å². The fraction of sp³-hybridized carbons (Fsp3) is 0.294. The highest BCUT2D eigenvalue weighted by molar-refractivity contribution is 7.92. The van der Waals surface area contributed by atoms with E-state index >= 15 is 0 Å². The molecule has 4 nitrogen and oxygen atoms in total. The number of rotatable bonds is 5. The van der Waals surface area contributed by atoms with E-state index < -0.39 is 45.5 Å². The molecule has 6 heteroatoms. The van der Waals surface area contributed by atoms with Gasteiger partial charge >= 0.3 is 0 Å².